The molecule has 0 bridgehead atoms. The lowest BCUT2D eigenvalue weighted by Crippen LogP contribution is -2.18. The Kier molecular flexibility index (Phi) is 4.35. The Morgan fingerprint density at radius 1 is 1.06 bits per heavy atom. The highest BCUT2D eigenvalue weighted by Gasteiger charge is 2.09. The molecule has 0 saturated carbocycles. The maximum Gasteiger partial charge on any atom is 0.0358 e. The predicted molar refractivity (Wildman–Crippen MR) is 76.1 cm³/mol. The lowest BCUT2D eigenvalue weighted by atomic mass is 9.99. The summed E-state index contributed by atoms with van der Waals surface area (Å²) in [6.45, 7) is 0. The van der Waals surface area contributed by atoms with E-state index < -0.39 is 0 Å². The third-order valence-corrected chi connectivity index (χ3v) is 3.38. The minimum atomic E-state index is 0.356. The van der Waals surface area contributed by atoms with Crippen LogP contribution < -0.4 is 5.32 Å². The number of likely N-dealkylation sites (N-methyl/N-ethyl adjacent to an activating group) is 1. The summed E-state index contributed by atoms with van der Waals surface area (Å²) in [5.74, 6) is 0. The van der Waals surface area contributed by atoms with Crippen molar-refractivity contribution in [3.8, 4) is 0 Å². The van der Waals surface area contributed by atoms with Crippen molar-refractivity contribution in [2.45, 2.75) is 12.5 Å². The van der Waals surface area contributed by atoms with Crippen molar-refractivity contribution in [1.82, 2.24) is 5.32 Å². The molecule has 0 saturated heterocycles. The van der Waals surface area contributed by atoms with E-state index in [0.29, 0.717) is 6.04 Å². The summed E-state index contributed by atoms with van der Waals surface area (Å²) in [7, 11) is 2.01. The smallest absolute Gasteiger partial charge is 0.0358 e. The molecule has 0 spiro atoms. The number of hydrogen-bond acceptors (Lipinski definition) is 1. The number of halogens is 1. The van der Waals surface area contributed by atoms with Gasteiger partial charge in [-0.15, -0.1) is 0 Å². The quantitative estimate of drug-likeness (QED) is 0.899. The van der Waals surface area contributed by atoms with Crippen molar-refractivity contribution in [1.29, 1.82) is 0 Å². The Morgan fingerprint density at radius 2 is 1.82 bits per heavy atom. The molecular weight excluding hydrogens is 274 g/mol. The average Bonchev–Trinajstić information content (AvgIpc) is 2.37. The van der Waals surface area contributed by atoms with Crippen molar-refractivity contribution in [3.63, 3.8) is 0 Å². The Balaban J connectivity index is 2.17. The van der Waals surface area contributed by atoms with Gasteiger partial charge in [0.25, 0.3) is 0 Å². The second-order valence-corrected chi connectivity index (χ2v) is 5.00. The monoisotopic (exact) mass is 289 g/mol. The van der Waals surface area contributed by atoms with Gasteiger partial charge in [-0.3, -0.25) is 0 Å². The van der Waals surface area contributed by atoms with Crippen LogP contribution in [0, 0.1) is 0 Å². The van der Waals surface area contributed by atoms with Crippen LogP contribution in [0.2, 0.25) is 0 Å². The fourth-order valence-electron chi connectivity index (χ4n) is 1.96. The second-order valence-electron chi connectivity index (χ2n) is 4.09. The first-order chi connectivity index (χ1) is 8.29. The van der Waals surface area contributed by atoms with E-state index in [1.165, 1.54) is 11.1 Å². The van der Waals surface area contributed by atoms with Crippen LogP contribution in [-0.2, 0) is 6.42 Å². The minimum absolute atomic E-state index is 0.356. The van der Waals surface area contributed by atoms with E-state index in [9.17, 15) is 0 Å². The van der Waals surface area contributed by atoms with Crippen LogP contribution >= 0.6 is 15.9 Å². The second kappa shape index (κ2) is 5.99. The largest absolute Gasteiger partial charge is 0.313 e. The highest BCUT2D eigenvalue weighted by atomic mass is 79.9. The van der Waals surface area contributed by atoms with Crippen LogP contribution in [0.4, 0.5) is 0 Å². The molecule has 0 radical (unpaired) electrons. The average molecular weight is 290 g/mol. The van der Waals surface area contributed by atoms with Gasteiger partial charge < -0.3 is 5.32 Å². The van der Waals surface area contributed by atoms with E-state index in [1.807, 2.05) is 7.05 Å². The Bertz CT molecular complexity index is 467. The first-order valence-electron chi connectivity index (χ1n) is 5.76. The zero-order valence-electron chi connectivity index (χ0n) is 9.86. The molecule has 2 aromatic carbocycles. The van der Waals surface area contributed by atoms with Gasteiger partial charge in [0.15, 0.2) is 0 Å². The maximum absolute atomic E-state index is 3.52. The lowest BCUT2D eigenvalue weighted by molar-refractivity contribution is 0.592. The van der Waals surface area contributed by atoms with Crippen molar-refractivity contribution in [2.24, 2.45) is 0 Å². The van der Waals surface area contributed by atoms with E-state index in [2.05, 4.69) is 75.8 Å². The zero-order chi connectivity index (χ0) is 12.1. The Hall–Kier alpha value is -1.12. The van der Waals surface area contributed by atoms with Crippen LogP contribution in [0.1, 0.15) is 17.2 Å². The van der Waals surface area contributed by atoms with Crippen LogP contribution in [0.5, 0.6) is 0 Å². The summed E-state index contributed by atoms with van der Waals surface area (Å²) in [4.78, 5) is 0. The van der Waals surface area contributed by atoms with Gasteiger partial charge in [0.2, 0.25) is 0 Å². The van der Waals surface area contributed by atoms with Crippen molar-refractivity contribution in [2.75, 3.05) is 7.05 Å². The number of nitrogens with one attached hydrogen (secondary N) is 1. The molecule has 0 heterocycles. The van der Waals surface area contributed by atoms with Crippen LogP contribution in [0.25, 0.3) is 0 Å². The van der Waals surface area contributed by atoms with E-state index in [0.717, 1.165) is 10.9 Å². The summed E-state index contributed by atoms with van der Waals surface area (Å²) in [5, 5.41) is 3.37. The van der Waals surface area contributed by atoms with E-state index in [1.54, 1.807) is 0 Å². The maximum atomic E-state index is 3.52. The SMILES string of the molecule is CNC(Cc1ccccc1)c1cccc(Br)c1. The molecule has 0 aromatic heterocycles. The molecule has 2 heteroatoms. The van der Waals surface area contributed by atoms with E-state index in [-0.39, 0.29) is 0 Å². The van der Waals surface area contributed by atoms with Gasteiger partial charge in [0.1, 0.15) is 0 Å². The summed E-state index contributed by atoms with van der Waals surface area (Å²) < 4.78 is 1.13. The minimum Gasteiger partial charge on any atom is -0.313 e. The molecule has 2 aromatic rings. The summed E-state index contributed by atoms with van der Waals surface area (Å²) >= 11 is 3.52. The molecular formula is C15H16BrN. The van der Waals surface area contributed by atoms with Crippen LogP contribution in [-0.4, -0.2) is 7.05 Å². The summed E-state index contributed by atoms with van der Waals surface area (Å²) in [5.41, 5.74) is 2.66. The third-order valence-electron chi connectivity index (χ3n) is 2.88. The van der Waals surface area contributed by atoms with Gasteiger partial charge in [-0.2, -0.15) is 0 Å². The first kappa shape index (κ1) is 12.3. The predicted octanol–water partition coefficient (Wildman–Crippen LogP) is 3.95. The first-order valence-corrected chi connectivity index (χ1v) is 6.55. The van der Waals surface area contributed by atoms with Crippen molar-refractivity contribution < 1.29 is 0 Å². The molecule has 1 atom stereocenters. The topological polar surface area (TPSA) is 12.0 Å². The fraction of sp³-hybridized carbons (Fsp3) is 0.200. The fourth-order valence-corrected chi connectivity index (χ4v) is 2.38. The third kappa shape index (κ3) is 3.42. The highest BCUT2D eigenvalue weighted by Crippen LogP contribution is 2.21. The van der Waals surface area contributed by atoms with E-state index in [4.69, 9.17) is 0 Å². The molecule has 0 fully saturated rings. The standard InChI is InChI=1S/C15H16BrN/c1-17-15(10-12-6-3-2-4-7-12)13-8-5-9-14(16)11-13/h2-9,11,15,17H,10H2,1H3. The Labute approximate surface area is 111 Å². The molecule has 0 aliphatic carbocycles. The molecule has 0 aliphatic rings. The molecule has 1 N–H and O–H groups in total. The zero-order valence-corrected chi connectivity index (χ0v) is 11.4. The van der Waals surface area contributed by atoms with Gasteiger partial charge in [-0.25, -0.2) is 0 Å². The molecule has 88 valence electrons. The van der Waals surface area contributed by atoms with E-state index >= 15 is 0 Å². The van der Waals surface area contributed by atoms with Gasteiger partial charge in [0.05, 0.1) is 0 Å². The van der Waals surface area contributed by atoms with Gasteiger partial charge in [0, 0.05) is 10.5 Å². The Morgan fingerprint density at radius 3 is 2.47 bits per heavy atom. The summed E-state index contributed by atoms with van der Waals surface area (Å²) in [6.07, 6.45) is 1.01. The van der Waals surface area contributed by atoms with Crippen molar-refractivity contribution >= 4 is 15.9 Å². The normalized spacial score (nSPS) is 12.4. The van der Waals surface area contributed by atoms with Gasteiger partial charge in [-0.1, -0.05) is 58.4 Å². The number of benzene rings is 2. The van der Waals surface area contributed by atoms with Gasteiger partial charge >= 0.3 is 0 Å². The molecule has 2 rings (SSSR count). The highest BCUT2D eigenvalue weighted by molar-refractivity contribution is 9.10. The number of rotatable bonds is 4. The van der Waals surface area contributed by atoms with Crippen LogP contribution in [0.15, 0.2) is 59.1 Å². The molecule has 0 aliphatic heterocycles. The molecule has 0 amide bonds. The number of hydrogen-bond donors (Lipinski definition) is 1. The molecule has 1 nitrogen and oxygen atoms in total. The van der Waals surface area contributed by atoms with Gasteiger partial charge in [-0.05, 0) is 36.7 Å². The molecule has 1 unspecified atom stereocenters. The summed E-state index contributed by atoms with van der Waals surface area (Å²) in [6, 6.07) is 19.4. The lowest BCUT2D eigenvalue weighted by Gasteiger charge is -2.17. The van der Waals surface area contributed by atoms with Crippen LogP contribution in [0.3, 0.4) is 0 Å². The molecule has 17 heavy (non-hydrogen) atoms. The van der Waals surface area contributed by atoms with Crippen molar-refractivity contribution in [3.05, 3.63) is 70.2 Å².